The van der Waals surface area contributed by atoms with Gasteiger partial charge in [-0.05, 0) is 43.2 Å². The molecule has 0 saturated carbocycles. The number of nitrogens with zero attached hydrogens (tertiary/aromatic N) is 1. The molecule has 1 spiro atoms. The largest absolute Gasteiger partial charge is 0.484 e. The summed E-state index contributed by atoms with van der Waals surface area (Å²) in [6.07, 6.45) is 1.43. The molecule has 0 N–H and O–H groups in total. The number of piperidine rings is 1. The summed E-state index contributed by atoms with van der Waals surface area (Å²) < 4.78 is 24.1. The zero-order valence-electron chi connectivity index (χ0n) is 14.1. The van der Waals surface area contributed by atoms with Crippen molar-refractivity contribution in [2.24, 2.45) is 0 Å². The molecule has 2 aliphatic rings. The van der Waals surface area contributed by atoms with Gasteiger partial charge in [0.25, 0.3) is 5.91 Å². The Morgan fingerprint density at radius 3 is 2.77 bits per heavy atom. The first kappa shape index (κ1) is 16.6. The van der Waals surface area contributed by atoms with Gasteiger partial charge in [0, 0.05) is 12.1 Å². The number of likely N-dealkylation sites (tertiary alicyclic amines) is 1. The van der Waals surface area contributed by atoms with Gasteiger partial charge in [0.2, 0.25) is 0 Å². The molecule has 1 atom stereocenters. The monoisotopic (exact) mass is 355 g/mol. The van der Waals surface area contributed by atoms with Crippen molar-refractivity contribution in [3.8, 4) is 5.75 Å². The van der Waals surface area contributed by atoms with E-state index in [-0.39, 0.29) is 24.3 Å². The number of carbonyl (C=O) groups is 2. The van der Waals surface area contributed by atoms with E-state index >= 15 is 0 Å². The van der Waals surface area contributed by atoms with Gasteiger partial charge in [-0.3, -0.25) is 4.79 Å². The van der Waals surface area contributed by atoms with Gasteiger partial charge >= 0.3 is 5.97 Å². The van der Waals surface area contributed by atoms with E-state index in [1.807, 2.05) is 12.1 Å². The third-order valence-corrected chi connectivity index (χ3v) is 4.91. The van der Waals surface area contributed by atoms with E-state index in [0.29, 0.717) is 30.8 Å². The Hall–Kier alpha value is -2.89. The first-order chi connectivity index (χ1) is 12.6. The Labute approximate surface area is 150 Å². The van der Waals surface area contributed by atoms with Crippen LogP contribution in [-0.2, 0) is 15.1 Å². The Bertz CT molecular complexity index is 851. The fourth-order valence-electron chi connectivity index (χ4n) is 3.65. The minimum Gasteiger partial charge on any atom is -0.484 e. The van der Waals surface area contributed by atoms with Gasteiger partial charge in [-0.1, -0.05) is 18.2 Å². The molecule has 1 unspecified atom stereocenters. The molecular formula is C20H18FNO4. The lowest BCUT2D eigenvalue weighted by molar-refractivity contribution is -0.140. The van der Waals surface area contributed by atoms with Crippen molar-refractivity contribution in [3.05, 3.63) is 65.5 Å². The maximum absolute atomic E-state index is 12.9. The molecule has 134 valence electrons. The highest BCUT2D eigenvalue weighted by atomic mass is 19.1. The van der Waals surface area contributed by atoms with Crippen LogP contribution in [0.2, 0.25) is 0 Å². The molecular weight excluding hydrogens is 337 g/mol. The number of amides is 1. The van der Waals surface area contributed by atoms with Gasteiger partial charge in [-0.15, -0.1) is 0 Å². The Kier molecular flexibility index (Phi) is 4.11. The molecule has 2 aliphatic heterocycles. The lowest BCUT2D eigenvalue weighted by atomic mass is 9.85. The maximum atomic E-state index is 12.9. The highest BCUT2D eigenvalue weighted by Gasteiger charge is 2.48. The molecule has 0 bridgehead atoms. The molecule has 0 aliphatic carbocycles. The summed E-state index contributed by atoms with van der Waals surface area (Å²) in [5.41, 5.74) is 0.656. The zero-order chi connectivity index (χ0) is 18.1. The molecule has 1 amide bonds. The number of carbonyl (C=O) groups excluding carboxylic acids is 2. The number of halogens is 1. The number of esters is 1. The minimum atomic E-state index is -0.766. The molecule has 6 heteroatoms. The first-order valence-electron chi connectivity index (χ1n) is 8.56. The van der Waals surface area contributed by atoms with Crippen molar-refractivity contribution in [2.45, 2.75) is 18.4 Å². The van der Waals surface area contributed by atoms with Gasteiger partial charge in [-0.25, -0.2) is 9.18 Å². The predicted molar refractivity (Wildman–Crippen MR) is 91.2 cm³/mol. The van der Waals surface area contributed by atoms with E-state index in [4.69, 9.17) is 9.47 Å². The third-order valence-electron chi connectivity index (χ3n) is 4.91. The molecule has 26 heavy (non-hydrogen) atoms. The van der Waals surface area contributed by atoms with Crippen molar-refractivity contribution in [1.29, 1.82) is 0 Å². The lowest BCUT2D eigenvalue weighted by Gasteiger charge is -2.39. The fourth-order valence-corrected chi connectivity index (χ4v) is 3.65. The number of hydrogen-bond acceptors (Lipinski definition) is 4. The second-order valence-electron chi connectivity index (χ2n) is 6.59. The molecule has 4 rings (SSSR count). The molecule has 1 saturated heterocycles. The van der Waals surface area contributed by atoms with Crippen LogP contribution in [0.1, 0.15) is 28.8 Å². The minimum absolute atomic E-state index is 0.142. The van der Waals surface area contributed by atoms with Crippen LogP contribution in [-0.4, -0.2) is 36.5 Å². The van der Waals surface area contributed by atoms with Crippen LogP contribution in [0.4, 0.5) is 4.39 Å². The summed E-state index contributed by atoms with van der Waals surface area (Å²) in [6, 6.07) is 12.9. The molecule has 0 radical (unpaired) electrons. The summed E-state index contributed by atoms with van der Waals surface area (Å²) in [7, 11) is 0. The highest BCUT2D eigenvalue weighted by molar-refractivity contribution is 5.95. The summed E-state index contributed by atoms with van der Waals surface area (Å²) in [5, 5.41) is 0. The van der Waals surface area contributed by atoms with E-state index in [2.05, 4.69) is 0 Å². The van der Waals surface area contributed by atoms with E-state index in [0.717, 1.165) is 12.0 Å². The van der Waals surface area contributed by atoms with Crippen LogP contribution in [0.3, 0.4) is 0 Å². The summed E-state index contributed by atoms with van der Waals surface area (Å²) in [5.74, 6) is -0.446. The van der Waals surface area contributed by atoms with Crippen molar-refractivity contribution in [3.63, 3.8) is 0 Å². The number of ether oxygens (including phenoxy) is 2. The zero-order valence-corrected chi connectivity index (χ0v) is 14.1. The Morgan fingerprint density at radius 2 is 1.96 bits per heavy atom. The van der Waals surface area contributed by atoms with Gasteiger partial charge < -0.3 is 14.4 Å². The van der Waals surface area contributed by atoms with E-state index in [1.165, 1.54) is 24.3 Å². The second kappa shape index (κ2) is 6.44. The van der Waals surface area contributed by atoms with Crippen molar-refractivity contribution < 1.29 is 23.5 Å². The van der Waals surface area contributed by atoms with Crippen molar-refractivity contribution in [2.75, 3.05) is 19.7 Å². The van der Waals surface area contributed by atoms with Crippen molar-refractivity contribution in [1.82, 2.24) is 4.90 Å². The van der Waals surface area contributed by atoms with E-state index in [1.54, 1.807) is 17.0 Å². The SMILES string of the molecule is O=C1OC2(CCCN(C(=O)COc3ccc(F)cc3)C2)c2ccccc21. The van der Waals surface area contributed by atoms with E-state index in [9.17, 15) is 14.0 Å². The predicted octanol–water partition coefficient (Wildman–Crippen LogP) is 2.89. The number of fused-ring (bicyclic) bond motifs is 2. The topological polar surface area (TPSA) is 55.8 Å². The molecule has 0 aromatic heterocycles. The third kappa shape index (κ3) is 2.92. The first-order valence-corrected chi connectivity index (χ1v) is 8.56. The second-order valence-corrected chi connectivity index (χ2v) is 6.59. The summed E-state index contributed by atoms with van der Waals surface area (Å²) in [4.78, 5) is 26.4. The number of hydrogen-bond donors (Lipinski definition) is 0. The highest BCUT2D eigenvalue weighted by Crippen LogP contribution is 2.42. The van der Waals surface area contributed by atoms with Crippen LogP contribution in [0.15, 0.2) is 48.5 Å². The standard InChI is InChI=1S/C20H18FNO4/c21-14-6-8-15(9-7-14)25-12-18(23)22-11-3-10-20(13-22)17-5-2-1-4-16(17)19(24)26-20/h1-2,4-9H,3,10-13H2. The van der Waals surface area contributed by atoms with Crippen LogP contribution in [0.5, 0.6) is 5.75 Å². The average molecular weight is 355 g/mol. The lowest BCUT2D eigenvalue weighted by Crippen LogP contribution is -2.50. The normalized spacial score (nSPS) is 21.4. The quantitative estimate of drug-likeness (QED) is 0.795. The van der Waals surface area contributed by atoms with Crippen LogP contribution >= 0.6 is 0 Å². The van der Waals surface area contributed by atoms with Crippen LogP contribution < -0.4 is 4.74 Å². The van der Waals surface area contributed by atoms with Gasteiger partial charge in [0.15, 0.2) is 12.2 Å². The fraction of sp³-hybridized carbons (Fsp3) is 0.300. The molecule has 5 nitrogen and oxygen atoms in total. The summed E-state index contributed by atoms with van der Waals surface area (Å²) in [6.45, 7) is 0.770. The van der Waals surface area contributed by atoms with Crippen LogP contribution in [0, 0.1) is 5.82 Å². The smallest absolute Gasteiger partial charge is 0.339 e. The van der Waals surface area contributed by atoms with Gasteiger partial charge in [0.1, 0.15) is 11.6 Å². The Morgan fingerprint density at radius 1 is 1.19 bits per heavy atom. The van der Waals surface area contributed by atoms with E-state index < -0.39 is 5.60 Å². The summed E-state index contributed by atoms with van der Waals surface area (Å²) >= 11 is 0. The molecule has 1 fully saturated rings. The maximum Gasteiger partial charge on any atom is 0.339 e. The number of benzene rings is 2. The van der Waals surface area contributed by atoms with Gasteiger partial charge in [-0.2, -0.15) is 0 Å². The Balaban J connectivity index is 1.46. The molecule has 2 aromatic rings. The number of rotatable bonds is 3. The molecule has 2 heterocycles. The average Bonchev–Trinajstić information content (AvgIpc) is 2.93. The van der Waals surface area contributed by atoms with Crippen LogP contribution in [0.25, 0.3) is 0 Å². The molecule has 2 aromatic carbocycles. The van der Waals surface area contributed by atoms with Crippen molar-refractivity contribution >= 4 is 11.9 Å². The van der Waals surface area contributed by atoms with Gasteiger partial charge in [0.05, 0.1) is 12.1 Å².